The maximum absolute atomic E-state index is 13.1. The van der Waals surface area contributed by atoms with Gasteiger partial charge >= 0.3 is 0 Å². The van der Waals surface area contributed by atoms with Gasteiger partial charge in [0.25, 0.3) is 11.8 Å². The van der Waals surface area contributed by atoms with E-state index in [0.717, 1.165) is 21.5 Å². The van der Waals surface area contributed by atoms with Crippen molar-refractivity contribution < 1.29 is 14.4 Å². The molecule has 4 rings (SSSR count). The van der Waals surface area contributed by atoms with Gasteiger partial charge in [0.15, 0.2) is 0 Å². The number of nitrogens with one attached hydrogen (secondary N) is 2. The Morgan fingerprint density at radius 2 is 1.81 bits per heavy atom. The minimum Gasteiger partial charge on any atom is -0.363 e. The van der Waals surface area contributed by atoms with Gasteiger partial charge in [-0.15, -0.1) is 11.3 Å². The normalized spacial score (nSPS) is 11.9. The van der Waals surface area contributed by atoms with Crippen LogP contribution in [0.1, 0.15) is 20.8 Å². The van der Waals surface area contributed by atoms with E-state index in [2.05, 4.69) is 15.3 Å². The number of rotatable bonds is 7. The molecule has 0 saturated heterocycles. The number of nitrogens with zero attached hydrogens (tertiary/aromatic N) is 1. The quantitative estimate of drug-likeness (QED) is 0.389. The molecule has 0 radical (unpaired) electrons. The van der Waals surface area contributed by atoms with E-state index in [1.807, 2.05) is 61.5 Å². The summed E-state index contributed by atoms with van der Waals surface area (Å²) < 4.78 is 0. The second-order valence-corrected chi connectivity index (χ2v) is 8.40. The zero-order valence-electron chi connectivity index (χ0n) is 16.7. The number of thiophene rings is 1. The number of aromatic amines is 1. The molecule has 0 spiro atoms. The van der Waals surface area contributed by atoms with Crippen LogP contribution in [-0.4, -0.2) is 33.6 Å². The standard InChI is InChI=1S/C23H20N4O3S/c1-13-11-15(20(31-13)22-25-16-9-5-6-10-17(16)26-22)23(30)27-18(19(28)21(24)29)12-14-7-3-2-4-8-14/h2-11,18H,12H2,1H3,(H2,24,29)(H,25,26)(H,27,30). The molecule has 1 unspecified atom stereocenters. The maximum Gasteiger partial charge on any atom is 0.287 e. The second kappa shape index (κ2) is 8.53. The Balaban J connectivity index is 1.65. The van der Waals surface area contributed by atoms with Crippen LogP contribution in [0.2, 0.25) is 0 Å². The maximum atomic E-state index is 13.1. The number of benzene rings is 2. The van der Waals surface area contributed by atoms with E-state index in [1.165, 1.54) is 11.3 Å². The average Bonchev–Trinajstić information content (AvgIpc) is 3.36. The van der Waals surface area contributed by atoms with Gasteiger partial charge in [-0.3, -0.25) is 14.4 Å². The molecule has 0 bridgehead atoms. The van der Waals surface area contributed by atoms with Gasteiger partial charge in [-0.25, -0.2) is 4.98 Å². The summed E-state index contributed by atoms with van der Waals surface area (Å²) in [6.45, 7) is 1.89. The lowest BCUT2D eigenvalue weighted by molar-refractivity contribution is -0.137. The van der Waals surface area contributed by atoms with E-state index in [-0.39, 0.29) is 6.42 Å². The number of hydrogen-bond donors (Lipinski definition) is 3. The van der Waals surface area contributed by atoms with Crippen LogP contribution < -0.4 is 11.1 Å². The van der Waals surface area contributed by atoms with E-state index in [4.69, 9.17) is 5.73 Å². The molecule has 2 aromatic carbocycles. The number of aromatic nitrogens is 2. The number of ketones is 1. The lowest BCUT2D eigenvalue weighted by Gasteiger charge is -2.16. The van der Waals surface area contributed by atoms with Crippen molar-refractivity contribution in [3.63, 3.8) is 0 Å². The molecule has 4 N–H and O–H groups in total. The Kier molecular flexibility index (Phi) is 5.64. The Bertz CT molecular complexity index is 1240. The number of Topliss-reactive ketones (excluding diaryl/α,β-unsaturated/α-hetero) is 1. The van der Waals surface area contributed by atoms with Gasteiger partial charge in [-0.1, -0.05) is 42.5 Å². The number of fused-ring (bicyclic) bond motifs is 1. The lowest BCUT2D eigenvalue weighted by Crippen LogP contribution is -2.47. The highest BCUT2D eigenvalue weighted by molar-refractivity contribution is 7.15. The van der Waals surface area contributed by atoms with Crippen LogP contribution >= 0.6 is 11.3 Å². The average molecular weight is 433 g/mol. The topological polar surface area (TPSA) is 118 Å². The van der Waals surface area contributed by atoms with E-state index in [0.29, 0.717) is 16.3 Å². The summed E-state index contributed by atoms with van der Waals surface area (Å²) in [5.41, 5.74) is 8.07. The summed E-state index contributed by atoms with van der Waals surface area (Å²) in [6, 6.07) is 17.4. The molecular formula is C23H20N4O3S. The van der Waals surface area contributed by atoms with Crippen LogP contribution in [-0.2, 0) is 16.0 Å². The van der Waals surface area contributed by atoms with Crippen molar-refractivity contribution in [3.8, 4) is 10.7 Å². The van der Waals surface area contributed by atoms with Crippen LogP contribution in [0.4, 0.5) is 0 Å². The summed E-state index contributed by atoms with van der Waals surface area (Å²) in [7, 11) is 0. The lowest BCUT2D eigenvalue weighted by atomic mass is 10.0. The molecule has 7 nitrogen and oxygen atoms in total. The minimum atomic E-state index is -1.08. The van der Waals surface area contributed by atoms with Crippen molar-refractivity contribution >= 4 is 40.0 Å². The number of imidazole rings is 1. The molecule has 156 valence electrons. The predicted octanol–water partition coefficient (Wildman–Crippen LogP) is 3.00. The molecule has 0 aliphatic heterocycles. The number of hydrogen-bond acceptors (Lipinski definition) is 5. The van der Waals surface area contributed by atoms with Crippen LogP contribution in [0, 0.1) is 6.92 Å². The van der Waals surface area contributed by atoms with Crippen LogP contribution in [0.3, 0.4) is 0 Å². The molecule has 0 saturated carbocycles. The third kappa shape index (κ3) is 4.39. The molecule has 8 heteroatoms. The molecule has 2 amide bonds. The number of carbonyl (C=O) groups excluding carboxylic acids is 3. The number of H-pyrrole nitrogens is 1. The number of nitrogens with two attached hydrogens (primary N) is 1. The molecule has 0 fully saturated rings. The van der Waals surface area contributed by atoms with Gasteiger partial charge < -0.3 is 16.0 Å². The number of para-hydroxylation sites is 2. The summed E-state index contributed by atoms with van der Waals surface area (Å²) in [5.74, 6) is -1.81. The third-order valence-electron chi connectivity index (χ3n) is 4.85. The minimum absolute atomic E-state index is 0.164. The first-order chi connectivity index (χ1) is 14.9. The summed E-state index contributed by atoms with van der Waals surface area (Å²) >= 11 is 1.43. The molecule has 2 heterocycles. The predicted molar refractivity (Wildman–Crippen MR) is 120 cm³/mol. The Hall–Kier alpha value is -3.78. The van der Waals surface area contributed by atoms with Gasteiger partial charge in [0.1, 0.15) is 11.9 Å². The fourth-order valence-electron chi connectivity index (χ4n) is 3.39. The number of aryl methyl sites for hydroxylation is 1. The van der Waals surface area contributed by atoms with Crippen molar-refractivity contribution in [2.24, 2.45) is 5.73 Å². The van der Waals surface area contributed by atoms with E-state index >= 15 is 0 Å². The van der Waals surface area contributed by atoms with E-state index in [1.54, 1.807) is 6.07 Å². The number of amides is 2. The zero-order chi connectivity index (χ0) is 22.0. The molecule has 0 aliphatic carbocycles. The first kappa shape index (κ1) is 20.5. The third-order valence-corrected chi connectivity index (χ3v) is 5.91. The Morgan fingerprint density at radius 1 is 1.10 bits per heavy atom. The number of carbonyl (C=O) groups is 3. The SMILES string of the molecule is Cc1cc(C(=O)NC(Cc2ccccc2)C(=O)C(N)=O)c(-c2nc3ccccc3[nH]2)s1. The second-order valence-electron chi connectivity index (χ2n) is 7.15. The van der Waals surface area contributed by atoms with Crippen molar-refractivity contribution in [2.75, 3.05) is 0 Å². The zero-order valence-corrected chi connectivity index (χ0v) is 17.5. The molecule has 1 atom stereocenters. The van der Waals surface area contributed by atoms with Gasteiger partial charge in [-0.2, -0.15) is 0 Å². The fourth-order valence-corrected chi connectivity index (χ4v) is 4.34. The number of primary amides is 1. The van der Waals surface area contributed by atoms with Crippen LogP contribution in [0.25, 0.3) is 21.7 Å². The highest BCUT2D eigenvalue weighted by atomic mass is 32.1. The monoisotopic (exact) mass is 432 g/mol. The van der Waals surface area contributed by atoms with Gasteiger partial charge in [-0.05, 0) is 30.7 Å². The van der Waals surface area contributed by atoms with Gasteiger partial charge in [0.05, 0.1) is 21.5 Å². The largest absolute Gasteiger partial charge is 0.363 e. The van der Waals surface area contributed by atoms with E-state index < -0.39 is 23.6 Å². The fraction of sp³-hybridized carbons (Fsp3) is 0.130. The van der Waals surface area contributed by atoms with Crippen LogP contribution in [0.15, 0.2) is 60.7 Å². The molecule has 2 aromatic heterocycles. The van der Waals surface area contributed by atoms with Crippen molar-refractivity contribution in [3.05, 3.63) is 76.7 Å². The van der Waals surface area contributed by atoms with Crippen LogP contribution in [0.5, 0.6) is 0 Å². The van der Waals surface area contributed by atoms with E-state index in [9.17, 15) is 14.4 Å². The highest BCUT2D eigenvalue weighted by Crippen LogP contribution is 2.32. The Labute approximate surface area is 182 Å². The first-order valence-electron chi connectivity index (χ1n) is 9.66. The van der Waals surface area contributed by atoms with Gasteiger partial charge in [0, 0.05) is 11.3 Å². The van der Waals surface area contributed by atoms with Gasteiger partial charge in [0.2, 0.25) is 5.78 Å². The van der Waals surface area contributed by atoms with Crippen molar-refractivity contribution in [1.29, 1.82) is 0 Å². The smallest absolute Gasteiger partial charge is 0.287 e. The Morgan fingerprint density at radius 3 is 2.52 bits per heavy atom. The first-order valence-corrected chi connectivity index (χ1v) is 10.5. The molecule has 31 heavy (non-hydrogen) atoms. The molecule has 0 aliphatic rings. The molecular weight excluding hydrogens is 412 g/mol. The van der Waals surface area contributed by atoms with Crippen molar-refractivity contribution in [1.82, 2.24) is 15.3 Å². The summed E-state index contributed by atoms with van der Waals surface area (Å²) in [6.07, 6.45) is 0.164. The summed E-state index contributed by atoms with van der Waals surface area (Å²) in [5, 5.41) is 2.70. The molecule has 4 aromatic rings. The summed E-state index contributed by atoms with van der Waals surface area (Å²) in [4.78, 5) is 46.5. The highest BCUT2D eigenvalue weighted by Gasteiger charge is 2.28. The van der Waals surface area contributed by atoms with Crippen molar-refractivity contribution in [2.45, 2.75) is 19.4 Å².